The molecule has 1 aromatic heterocycles. The molecule has 0 saturated heterocycles. The number of unbranched alkanes of at least 4 members (excludes halogenated alkanes) is 1. The van der Waals surface area contributed by atoms with E-state index in [1.54, 1.807) is 0 Å². The summed E-state index contributed by atoms with van der Waals surface area (Å²) in [6, 6.07) is 4.08. The van der Waals surface area contributed by atoms with Gasteiger partial charge in [0.15, 0.2) is 5.43 Å². The summed E-state index contributed by atoms with van der Waals surface area (Å²) in [5.74, 6) is -0.297. The summed E-state index contributed by atoms with van der Waals surface area (Å²) in [5, 5.41) is 3.10. The third-order valence-corrected chi connectivity index (χ3v) is 6.15. The summed E-state index contributed by atoms with van der Waals surface area (Å²) < 4.78 is 3.07. The number of benzene rings is 1. The zero-order valence-corrected chi connectivity index (χ0v) is 20.1. The van der Waals surface area contributed by atoms with Crippen LogP contribution in [0.5, 0.6) is 0 Å². The first-order valence-electron chi connectivity index (χ1n) is 10.6. The zero-order valence-electron chi connectivity index (χ0n) is 18.5. The SMILES string of the molecule is CCCCc1c(C(=O)Nc2c(CC)cc(Br)cc2CC)c(=O)c(C)c(CC)n1C. The third kappa shape index (κ3) is 4.82. The predicted molar refractivity (Wildman–Crippen MR) is 125 cm³/mol. The maximum atomic E-state index is 13.4. The van der Waals surface area contributed by atoms with Crippen molar-refractivity contribution in [1.29, 1.82) is 0 Å². The van der Waals surface area contributed by atoms with Crippen LogP contribution in [0, 0.1) is 6.92 Å². The van der Waals surface area contributed by atoms with E-state index in [0.29, 0.717) is 11.1 Å². The van der Waals surface area contributed by atoms with Gasteiger partial charge in [-0.25, -0.2) is 0 Å². The Labute approximate surface area is 182 Å². The van der Waals surface area contributed by atoms with Crippen molar-refractivity contribution in [3.8, 4) is 0 Å². The number of anilines is 1. The molecule has 2 aromatic rings. The Morgan fingerprint density at radius 1 is 1.03 bits per heavy atom. The highest BCUT2D eigenvalue weighted by Crippen LogP contribution is 2.28. The summed E-state index contributed by atoms with van der Waals surface area (Å²) in [7, 11) is 1.97. The van der Waals surface area contributed by atoms with E-state index >= 15 is 0 Å². The van der Waals surface area contributed by atoms with E-state index in [1.807, 2.05) is 33.0 Å². The molecular weight excluding hydrogens is 428 g/mol. The monoisotopic (exact) mass is 460 g/mol. The molecule has 4 nitrogen and oxygen atoms in total. The molecule has 2 rings (SSSR count). The molecule has 158 valence electrons. The van der Waals surface area contributed by atoms with Crippen molar-refractivity contribution in [3.63, 3.8) is 0 Å². The molecule has 0 unspecified atom stereocenters. The Morgan fingerprint density at radius 3 is 2.10 bits per heavy atom. The second kappa shape index (κ2) is 10.2. The number of hydrogen-bond donors (Lipinski definition) is 1. The fraction of sp³-hybridized carbons (Fsp3) is 0.500. The number of nitrogens with one attached hydrogen (secondary N) is 1. The summed E-state index contributed by atoms with van der Waals surface area (Å²) in [6.07, 6.45) is 5.05. The molecule has 0 aliphatic heterocycles. The summed E-state index contributed by atoms with van der Waals surface area (Å²) in [4.78, 5) is 26.6. The van der Waals surface area contributed by atoms with Gasteiger partial charge in [-0.3, -0.25) is 9.59 Å². The molecule has 29 heavy (non-hydrogen) atoms. The van der Waals surface area contributed by atoms with E-state index in [4.69, 9.17) is 0 Å². The normalized spacial score (nSPS) is 11.0. The maximum absolute atomic E-state index is 13.4. The molecule has 0 spiro atoms. The quantitative estimate of drug-likeness (QED) is 0.545. The number of aromatic nitrogens is 1. The van der Waals surface area contributed by atoms with Crippen molar-refractivity contribution in [2.24, 2.45) is 7.05 Å². The Kier molecular flexibility index (Phi) is 8.26. The molecule has 0 saturated carbocycles. The van der Waals surface area contributed by atoms with Crippen molar-refractivity contribution < 1.29 is 4.79 Å². The number of aryl methyl sites for hydroxylation is 2. The summed E-state index contributed by atoms with van der Waals surface area (Å²) >= 11 is 3.56. The lowest BCUT2D eigenvalue weighted by atomic mass is 9.99. The van der Waals surface area contributed by atoms with Gasteiger partial charge in [0.25, 0.3) is 5.91 Å². The number of hydrogen-bond acceptors (Lipinski definition) is 2. The van der Waals surface area contributed by atoms with E-state index in [9.17, 15) is 9.59 Å². The van der Waals surface area contributed by atoms with Crippen LogP contribution in [-0.2, 0) is 32.7 Å². The molecule has 0 fully saturated rings. The Bertz CT molecular complexity index is 935. The highest BCUT2D eigenvalue weighted by atomic mass is 79.9. The number of carbonyl (C=O) groups is 1. The van der Waals surface area contributed by atoms with Crippen LogP contribution in [0.25, 0.3) is 0 Å². The fourth-order valence-electron chi connectivity index (χ4n) is 4.02. The van der Waals surface area contributed by atoms with Gasteiger partial charge in [0.2, 0.25) is 0 Å². The van der Waals surface area contributed by atoms with Gasteiger partial charge in [-0.05, 0) is 62.3 Å². The van der Waals surface area contributed by atoms with Gasteiger partial charge in [-0.2, -0.15) is 0 Å². The van der Waals surface area contributed by atoms with Crippen molar-refractivity contribution in [3.05, 3.63) is 60.5 Å². The Hall–Kier alpha value is -1.88. The van der Waals surface area contributed by atoms with E-state index < -0.39 is 0 Å². The molecular formula is C24H33BrN2O2. The van der Waals surface area contributed by atoms with Crippen molar-refractivity contribution in [2.45, 2.75) is 73.1 Å². The molecule has 1 heterocycles. The number of rotatable bonds is 8. The van der Waals surface area contributed by atoms with Crippen LogP contribution < -0.4 is 10.7 Å². The number of nitrogens with zero attached hydrogens (tertiary/aromatic N) is 1. The minimum absolute atomic E-state index is 0.142. The highest BCUT2D eigenvalue weighted by Gasteiger charge is 2.23. The molecule has 0 aliphatic carbocycles. The zero-order chi connectivity index (χ0) is 21.7. The average Bonchev–Trinajstić information content (AvgIpc) is 2.70. The molecule has 0 aliphatic rings. The lowest BCUT2D eigenvalue weighted by Gasteiger charge is -2.21. The van der Waals surface area contributed by atoms with Gasteiger partial charge in [-0.1, -0.05) is 50.0 Å². The number of amides is 1. The second-order valence-electron chi connectivity index (χ2n) is 7.50. The molecule has 1 N–H and O–H groups in total. The van der Waals surface area contributed by atoms with Crippen LogP contribution in [0.2, 0.25) is 0 Å². The van der Waals surface area contributed by atoms with Gasteiger partial charge in [-0.15, -0.1) is 0 Å². The number of pyridine rings is 1. The van der Waals surface area contributed by atoms with Crippen LogP contribution in [0.4, 0.5) is 5.69 Å². The van der Waals surface area contributed by atoms with Crippen molar-refractivity contribution in [1.82, 2.24) is 4.57 Å². The number of carbonyl (C=O) groups excluding carboxylic acids is 1. The molecule has 0 radical (unpaired) electrons. The van der Waals surface area contributed by atoms with Crippen LogP contribution in [0.15, 0.2) is 21.4 Å². The first-order chi connectivity index (χ1) is 13.8. The maximum Gasteiger partial charge on any atom is 0.261 e. The van der Waals surface area contributed by atoms with Crippen molar-refractivity contribution in [2.75, 3.05) is 5.32 Å². The summed E-state index contributed by atoms with van der Waals surface area (Å²) in [5.41, 5.74) is 5.64. The second-order valence-corrected chi connectivity index (χ2v) is 8.41. The van der Waals surface area contributed by atoms with E-state index in [0.717, 1.165) is 71.2 Å². The van der Waals surface area contributed by atoms with Gasteiger partial charge < -0.3 is 9.88 Å². The van der Waals surface area contributed by atoms with Crippen molar-refractivity contribution >= 4 is 27.5 Å². The predicted octanol–water partition coefficient (Wildman–Crippen LogP) is 5.74. The molecule has 0 bridgehead atoms. The van der Waals surface area contributed by atoms with Crippen LogP contribution in [0.3, 0.4) is 0 Å². The standard InChI is InChI=1S/C24H33BrN2O2/c1-7-11-12-20-21(23(28)15(5)19(10-4)27(20)6)24(29)26-22-16(8-2)13-18(25)14-17(22)9-3/h13-14H,7-12H2,1-6H3,(H,26,29). The van der Waals surface area contributed by atoms with Gasteiger partial charge >= 0.3 is 0 Å². The molecule has 1 amide bonds. The lowest BCUT2D eigenvalue weighted by Crippen LogP contribution is -2.31. The van der Waals surface area contributed by atoms with Gasteiger partial charge in [0.05, 0.1) is 0 Å². The lowest BCUT2D eigenvalue weighted by molar-refractivity contribution is 0.102. The minimum Gasteiger partial charge on any atom is -0.350 e. The minimum atomic E-state index is -0.297. The van der Waals surface area contributed by atoms with Gasteiger partial charge in [0.1, 0.15) is 5.56 Å². The van der Waals surface area contributed by atoms with E-state index in [1.165, 1.54) is 0 Å². The first kappa shape index (κ1) is 23.4. The van der Waals surface area contributed by atoms with E-state index in [2.05, 4.69) is 46.6 Å². The molecule has 1 aromatic carbocycles. The van der Waals surface area contributed by atoms with Crippen LogP contribution in [-0.4, -0.2) is 10.5 Å². The van der Waals surface area contributed by atoms with Crippen LogP contribution >= 0.6 is 15.9 Å². The summed E-state index contributed by atoms with van der Waals surface area (Å²) in [6.45, 7) is 10.1. The first-order valence-corrected chi connectivity index (χ1v) is 11.4. The fourth-order valence-corrected chi connectivity index (χ4v) is 4.58. The third-order valence-electron chi connectivity index (χ3n) is 5.69. The largest absolute Gasteiger partial charge is 0.350 e. The molecule has 0 atom stereocenters. The van der Waals surface area contributed by atoms with E-state index in [-0.39, 0.29) is 11.3 Å². The van der Waals surface area contributed by atoms with Gasteiger partial charge in [0, 0.05) is 34.2 Å². The average molecular weight is 461 g/mol. The molecule has 5 heteroatoms. The number of halogens is 1. The Morgan fingerprint density at radius 2 is 1.62 bits per heavy atom. The highest BCUT2D eigenvalue weighted by molar-refractivity contribution is 9.10. The smallest absolute Gasteiger partial charge is 0.261 e. The van der Waals surface area contributed by atoms with Crippen LogP contribution in [0.1, 0.15) is 79.0 Å². The topological polar surface area (TPSA) is 51.1 Å². The Balaban J connectivity index is 2.64.